The Labute approximate surface area is 87.9 Å². The van der Waals surface area contributed by atoms with E-state index in [0.717, 1.165) is 6.07 Å². The number of hydrogen-bond donors (Lipinski definition) is 1. The molecule has 0 fully saturated rings. The largest absolute Gasteiger partial charge is 0.481 e. The molecule has 0 radical (unpaired) electrons. The lowest BCUT2D eigenvalue weighted by Gasteiger charge is -2.02. The smallest absolute Gasteiger partial charge is 0.307 e. The quantitative estimate of drug-likeness (QED) is 0.883. The van der Waals surface area contributed by atoms with Gasteiger partial charge in [0.15, 0.2) is 0 Å². The summed E-state index contributed by atoms with van der Waals surface area (Å²) in [5.74, 6) is -1.76. The number of nitrogens with zero attached hydrogens (tertiary/aromatic N) is 1. The van der Waals surface area contributed by atoms with Gasteiger partial charge in [-0.15, -0.1) is 0 Å². The minimum atomic E-state index is -1.13. The number of benzene rings is 1. The van der Waals surface area contributed by atoms with Crippen molar-refractivity contribution in [1.29, 1.82) is 5.26 Å². The van der Waals surface area contributed by atoms with Crippen molar-refractivity contribution in [2.24, 2.45) is 0 Å². The zero-order valence-corrected chi connectivity index (χ0v) is 8.51. The number of nitriles is 1. The van der Waals surface area contributed by atoms with Gasteiger partial charge in [0.1, 0.15) is 11.9 Å². The van der Waals surface area contributed by atoms with Gasteiger partial charge in [0.25, 0.3) is 0 Å². The van der Waals surface area contributed by atoms with Crippen molar-refractivity contribution in [3.63, 3.8) is 0 Å². The van der Waals surface area contributed by atoms with Crippen LogP contribution >= 0.6 is 15.9 Å². The fourth-order valence-electron chi connectivity index (χ4n) is 0.978. The molecule has 0 atom stereocenters. The van der Waals surface area contributed by atoms with Gasteiger partial charge in [-0.05, 0) is 28.1 Å². The first-order valence-electron chi connectivity index (χ1n) is 3.64. The van der Waals surface area contributed by atoms with Crippen LogP contribution in [0.25, 0.3) is 0 Å². The number of carbonyl (C=O) groups is 1. The van der Waals surface area contributed by atoms with Crippen LogP contribution in [0.5, 0.6) is 0 Å². The van der Waals surface area contributed by atoms with Crippen LogP contribution in [0.3, 0.4) is 0 Å². The van der Waals surface area contributed by atoms with E-state index in [0.29, 0.717) is 4.47 Å². The molecule has 0 spiro atoms. The maximum atomic E-state index is 13.1. The van der Waals surface area contributed by atoms with E-state index in [1.54, 1.807) is 0 Å². The van der Waals surface area contributed by atoms with E-state index in [-0.39, 0.29) is 11.1 Å². The van der Waals surface area contributed by atoms with E-state index in [1.807, 2.05) is 6.07 Å². The van der Waals surface area contributed by atoms with Crippen molar-refractivity contribution >= 4 is 21.9 Å². The first kappa shape index (κ1) is 10.7. The molecule has 1 N–H and O–H groups in total. The van der Waals surface area contributed by atoms with Crippen molar-refractivity contribution in [1.82, 2.24) is 0 Å². The standard InChI is InChI=1S/C9H5BrFNO2/c10-7-3-8(11)5(2-9(13)14)1-6(7)4-12/h1,3H,2H2,(H,13,14). The highest BCUT2D eigenvalue weighted by Crippen LogP contribution is 2.20. The fourth-order valence-corrected chi connectivity index (χ4v) is 1.38. The van der Waals surface area contributed by atoms with E-state index >= 15 is 0 Å². The third-order valence-corrected chi connectivity index (χ3v) is 2.25. The van der Waals surface area contributed by atoms with Crippen molar-refractivity contribution in [2.45, 2.75) is 6.42 Å². The molecular weight excluding hydrogens is 253 g/mol. The van der Waals surface area contributed by atoms with Crippen molar-refractivity contribution < 1.29 is 14.3 Å². The van der Waals surface area contributed by atoms with Crippen molar-refractivity contribution in [3.05, 3.63) is 33.5 Å². The van der Waals surface area contributed by atoms with Crippen molar-refractivity contribution in [3.8, 4) is 6.07 Å². The molecule has 0 aliphatic heterocycles. The van der Waals surface area contributed by atoms with E-state index in [4.69, 9.17) is 10.4 Å². The van der Waals surface area contributed by atoms with Gasteiger partial charge in [0.05, 0.1) is 12.0 Å². The number of carboxylic acid groups (broad SMARTS) is 1. The molecule has 0 bridgehead atoms. The second-order valence-corrected chi connectivity index (χ2v) is 3.46. The predicted octanol–water partition coefficient (Wildman–Crippen LogP) is 2.09. The van der Waals surface area contributed by atoms with E-state index in [1.165, 1.54) is 6.07 Å². The third-order valence-electron chi connectivity index (χ3n) is 1.60. The van der Waals surface area contributed by atoms with Gasteiger partial charge in [-0.3, -0.25) is 4.79 Å². The summed E-state index contributed by atoms with van der Waals surface area (Å²) in [6.07, 6.45) is -0.423. The normalized spacial score (nSPS) is 9.50. The minimum absolute atomic E-state index is 0.0113. The second kappa shape index (κ2) is 4.20. The van der Waals surface area contributed by atoms with Crippen molar-refractivity contribution in [2.75, 3.05) is 0 Å². The lowest BCUT2D eigenvalue weighted by molar-refractivity contribution is -0.136. The van der Waals surface area contributed by atoms with Crippen LogP contribution in [0.2, 0.25) is 0 Å². The van der Waals surface area contributed by atoms with Gasteiger partial charge in [0, 0.05) is 10.0 Å². The SMILES string of the molecule is N#Cc1cc(CC(=O)O)c(F)cc1Br. The maximum absolute atomic E-state index is 13.1. The van der Waals surface area contributed by atoms with Crippen LogP contribution in [-0.2, 0) is 11.2 Å². The Morgan fingerprint density at radius 1 is 1.64 bits per heavy atom. The number of halogens is 2. The summed E-state index contributed by atoms with van der Waals surface area (Å²) < 4.78 is 13.4. The molecule has 5 heteroatoms. The van der Waals surface area contributed by atoms with Gasteiger partial charge < -0.3 is 5.11 Å². The summed E-state index contributed by atoms with van der Waals surface area (Å²) in [7, 11) is 0. The van der Waals surface area contributed by atoms with E-state index in [2.05, 4.69) is 15.9 Å². The van der Waals surface area contributed by atoms with Crippen LogP contribution in [0.1, 0.15) is 11.1 Å². The third kappa shape index (κ3) is 2.30. The molecular formula is C9H5BrFNO2. The summed E-state index contributed by atoms with van der Waals surface area (Å²) in [6, 6.07) is 4.15. The van der Waals surface area contributed by atoms with Crippen LogP contribution < -0.4 is 0 Å². The second-order valence-electron chi connectivity index (χ2n) is 2.61. The fraction of sp³-hybridized carbons (Fsp3) is 0.111. The van der Waals surface area contributed by atoms with Gasteiger partial charge in [-0.25, -0.2) is 4.39 Å². The molecule has 0 saturated heterocycles. The molecule has 0 aliphatic rings. The van der Waals surface area contributed by atoms with Crippen LogP contribution in [-0.4, -0.2) is 11.1 Å². The lowest BCUT2D eigenvalue weighted by Crippen LogP contribution is -2.03. The average Bonchev–Trinajstić information content (AvgIpc) is 2.09. The number of carboxylic acids is 1. The number of aliphatic carboxylic acids is 1. The van der Waals surface area contributed by atoms with E-state index in [9.17, 15) is 9.18 Å². The highest BCUT2D eigenvalue weighted by Gasteiger charge is 2.10. The first-order chi connectivity index (χ1) is 6.54. The molecule has 0 aliphatic carbocycles. The molecule has 14 heavy (non-hydrogen) atoms. The first-order valence-corrected chi connectivity index (χ1v) is 4.43. The Kier molecular flexibility index (Phi) is 3.20. The Balaban J connectivity index is 3.19. The zero-order chi connectivity index (χ0) is 10.7. The molecule has 0 amide bonds. The highest BCUT2D eigenvalue weighted by atomic mass is 79.9. The molecule has 1 aromatic carbocycles. The summed E-state index contributed by atoms with van der Waals surface area (Å²) >= 11 is 3.00. The monoisotopic (exact) mass is 257 g/mol. The van der Waals surface area contributed by atoms with E-state index < -0.39 is 18.2 Å². The lowest BCUT2D eigenvalue weighted by atomic mass is 10.1. The van der Waals surface area contributed by atoms with Crippen LogP contribution in [0.4, 0.5) is 4.39 Å². The van der Waals surface area contributed by atoms with Gasteiger partial charge >= 0.3 is 5.97 Å². The molecule has 0 heterocycles. The van der Waals surface area contributed by atoms with Crippen LogP contribution in [0.15, 0.2) is 16.6 Å². The summed E-state index contributed by atoms with van der Waals surface area (Å²) in [5, 5.41) is 17.1. The molecule has 0 aromatic heterocycles. The van der Waals surface area contributed by atoms with Crippen LogP contribution in [0, 0.1) is 17.1 Å². The summed E-state index contributed by atoms with van der Waals surface area (Å²) in [6.45, 7) is 0. The number of hydrogen-bond acceptors (Lipinski definition) is 2. The molecule has 1 rings (SSSR count). The Hall–Kier alpha value is -1.41. The summed E-state index contributed by atoms with van der Waals surface area (Å²) in [4.78, 5) is 10.3. The summed E-state index contributed by atoms with van der Waals surface area (Å²) in [5.41, 5.74) is 0.236. The maximum Gasteiger partial charge on any atom is 0.307 e. The highest BCUT2D eigenvalue weighted by molar-refractivity contribution is 9.10. The van der Waals surface area contributed by atoms with Gasteiger partial charge in [-0.1, -0.05) is 0 Å². The molecule has 0 unspecified atom stereocenters. The minimum Gasteiger partial charge on any atom is -0.481 e. The average molecular weight is 258 g/mol. The molecule has 72 valence electrons. The van der Waals surface area contributed by atoms with Gasteiger partial charge in [-0.2, -0.15) is 5.26 Å². The van der Waals surface area contributed by atoms with Gasteiger partial charge in [0.2, 0.25) is 0 Å². The molecule has 3 nitrogen and oxygen atoms in total. The predicted molar refractivity (Wildman–Crippen MR) is 50.2 cm³/mol. The zero-order valence-electron chi connectivity index (χ0n) is 6.92. The topological polar surface area (TPSA) is 61.1 Å². The Bertz CT molecular complexity index is 426. The Morgan fingerprint density at radius 2 is 2.29 bits per heavy atom. The number of rotatable bonds is 2. The molecule has 0 saturated carbocycles. The molecule has 1 aromatic rings. The Morgan fingerprint density at radius 3 is 2.79 bits per heavy atom.